The van der Waals surface area contributed by atoms with Crippen molar-refractivity contribution in [3.63, 3.8) is 0 Å². The van der Waals surface area contributed by atoms with Gasteiger partial charge in [0, 0.05) is 20.6 Å². The molecule has 0 spiro atoms. The van der Waals surface area contributed by atoms with Crippen molar-refractivity contribution in [1.82, 2.24) is 9.97 Å². The molecule has 3 aromatic rings. The third-order valence-electron chi connectivity index (χ3n) is 2.94. The molecule has 0 atom stereocenters. The highest BCUT2D eigenvalue weighted by atomic mass is 79.9. The number of aromatic carboxylic acids is 1. The van der Waals surface area contributed by atoms with Crippen LogP contribution in [0.5, 0.6) is 0 Å². The summed E-state index contributed by atoms with van der Waals surface area (Å²) in [5.74, 6) is -1.57. The minimum absolute atomic E-state index is 0.393. The Balaban J connectivity index is 2.19. The number of carbonyl (C=O) groups is 1. The van der Waals surface area contributed by atoms with Crippen molar-refractivity contribution in [1.29, 1.82) is 0 Å². The number of fused-ring (bicyclic) bond motifs is 1. The van der Waals surface area contributed by atoms with Crippen molar-refractivity contribution in [3.05, 3.63) is 50.7 Å². The maximum atomic E-state index is 13.7. The summed E-state index contributed by atoms with van der Waals surface area (Å²) in [6, 6.07) is 7.96. The number of nitrogens with zero attached hydrogens (tertiary/aromatic N) is 1. The average molecular weight is 414 g/mol. The van der Waals surface area contributed by atoms with Gasteiger partial charge in [0.05, 0.1) is 16.6 Å². The molecule has 1 heterocycles. The third-order valence-corrected chi connectivity index (χ3v) is 3.85. The van der Waals surface area contributed by atoms with Crippen LogP contribution in [0, 0.1) is 5.82 Å². The molecule has 0 amide bonds. The fraction of sp³-hybridized carbons (Fsp3) is 0. The fourth-order valence-electron chi connectivity index (χ4n) is 2.02. The molecule has 2 N–H and O–H groups in total. The number of aromatic nitrogens is 2. The number of imidazole rings is 1. The van der Waals surface area contributed by atoms with Crippen LogP contribution in [0.4, 0.5) is 4.39 Å². The summed E-state index contributed by atoms with van der Waals surface area (Å²) in [4.78, 5) is 18.3. The Morgan fingerprint density at radius 2 is 1.81 bits per heavy atom. The standard InChI is InChI=1S/C14H7Br2FN2O2/c15-7-1-6(2-8(16)3-7)13-18-11-4-9(14(20)21)10(17)5-12(11)19-13/h1-5H,(H,18,19)(H,20,21). The van der Waals surface area contributed by atoms with E-state index in [0.29, 0.717) is 16.9 Å². The van der Waals surface area contributed by atoms with Crippen LogP contribution in [-0.2, 0) is 0 Å². The van der Waals surface area contributed by atoms with Crippen molar-refractivity contribution < 1.29 is 14.3 Å². The highest BCUT2D eigenvalue weighted by Crippen LogP contribution is 2.28. The molecule has 0 unspecified atom stereocenters. The van der Waals surface area contributed by atoms with Gasteiger partial charge in [0.1, 0.15) is 11.6 Å². The number of hydrogen-bond acceptors (Lipinski definition) is 2. The molecule has 0 fully saturated rings. The number of aromatic amines is 1. The second-order valence-electron chi connectivity index (χ2n) is 4.40. The number of nitrogens with one attached hydrogen (secondary N) is 1. The van der Waals surface area contributed by atoms with Crippen LogP contribution >= 0.6 is 31.9 Å². The first-order chi connectivity index (χ1) is 9.94. The van der Waals surface area contributed by atoms with Gasteiger partial charge in [0.25, 0.3) is 0 Å². The van der Waals surface area contributed by atoms with E-state index < -0.39 is 17.3 Å². The van der Waals surface area contributed by atoms with Crippen LogP contribution in [0.25, 0.3) is 22.4 Å². The van der Waals surface area contributed by atoms with Gasteiger partial charge in [-0.2, -0.15) is 0 Å². The molecule has 4 nitrogen and oxygen atoms in total. The van der Waals surface area contributed by atoms with Crippen molar-refractivity contribution in [2.75, 3.05) is 0 Å². The molecule has 0 radical (unpaired) electrons. The predicted molar refractivity (Wildman–Crippen MR) is 83.8 cm³/mol. The normalized spacial score (nSPS) is 11.0. The molecule has 0 aliphatic rings. The van der Waals surface area contributed by atoms with Gasteiger partial charge in [-0.1, -0.05) is 31.9 Å². The first-order valence-electron chi connectivity index (χ1n) is 5.83. The molecule has 0 aliphatic carbocycles. The van der Waals surface area contributed by atoms with Crippen LogP contribution < -0.4 is 0 Å². The first-order valence-corrected chi connectivity index (χ1v) is 7.41. The molecule has 21 heavy (non-hydrogen) atoms. The Labute approximate surface area is 135 Å². The second-order valence-corrected chi connectivity index (χ2v) is 6.23. The predicted octanol–water partition coefficient (Wildman–Crippen LogP) is 4.59. The zero-order valence-corrected chi connectivity index (χ0v) is 13.5. The van der Waals surface area contributed by atoms with Crippen molar-refractivity contribution in [3.8, 4) is 11.4 Å². The number of carboxylic acids is 1. The smallest absolute Gasteiger partial charge is 0.338 e. The average Bonchev–Trinajstić information content (AvgIpc) is 2.79. The molecule has 0 saturated carbocycles. The van der Waals surface area contributed by atoms with E-state index >= 15 is 0 Å². The van der Waals surface area contributed by atoms with E-state index in [-0.39, 0.29) is 0 Å². The van der Waals surface area contributed by atoms with Crippen molar-refractivity contribution >= 4 is 48.9 Å². The van der Waals surface area contributed by atoms with Crippen molar-refractivity contribution in [2.45, 2.75) is 0 Å². The molecular formula is C14H7Br2FN2O2. The van der Waals surface area contributed by atoms with Gasteiger partial charge >= 0.3 is 5.97 Å². The van der Waals surface area contributed by atoms with Crippen molar-refractivity contribution in [2.24, 2.45) is 0 Å². The summed E-state index contributed by atoms with van der Waals surface area (Å²) in [5.41, 5.74) is 1.25. The number of halogens is 3. The molecule has 1 aromatic heterocycles. The van der Waals surface area contributed by atoms with Crippen LogP contribution in [0.2, 0.25) is 0 Å². The molecule has 2 aromatic carbocycles. The van der Waals surface area contributed by atoms with E-state index in [1.807, 2.05) is 18.2 Å². The van der Waals surface area contributed by atoms with E-state index in [0.717, 1.165) is 20.6 Å². The Bertz CT molecular complexity index is 857. The van der Waals surface area contributed by atoms with Crippen LogP contribution in [-0.4, -0.2) is 21.0 Å². The number of hydrogen-bond donors (Lipinski definition) is 2. The van der Waals surface area contributed by atoms with Gasteiger partial charge in [-0.25, -0.2) is 14.2 Å². The van der Waals surface area contributed by atoms with Gasteiger partial charge < -0.3 is 10.1 Å². The molecule has 106 valence electrons. The summed E-state index contributed by atoms with van der Waals surface area (Å²) in [5, 5.41) is 8.93. The van der Waals surface area contributed by atoms with Crippen LogP contribution in [0.1, 0.15) is 10.4 Å². The molecular weight excluding hydrogens is 407 g/mol. The SMILES string of the molecule is O=C(O)c1cc2nc(-c3cc(Br)cc(Br)c3)[nH]c2cc1F. The Morgan fingerprint density at radius 3 is 2.43 bits per heavy atom. The van der Waals surface area contributed by atoms with E-state index in [1.54, 1.807) is 0 Å². The topological polar surface area (TPSA) is 66.0 Å². The molecule has 0 aliphatic heterocycles. The third kappa shape index (κ3) is 2.71. The number of carboxylic acid groups (broad SMARTS) is 1. The zero-order valence-electron chi connectivity index (χ0n) is 10.3. The summed E-state index contributed by atoms with van der Waals surface area (Å²) < 4.78 is 15.4. The Hall–Kier alpha value is -1.73. The largest absolute Gasteiger partial charge is 0.478 e. The number of benzene rings is 2. The number of H-pyrrole nitrogens is 1. The Morgan fingerprint density at radius 1 is 1.14 bits per heavy atom. The molecule has 7 heteroatoms. The second kappa shape index (κ2) is 5.23. The quantitative estimate of drug-likeness (QED) is 0.645. The molecule has 0 bridgehead atoms. The fourth-order valence-corrected chi connectivity index (χ4v) is 3.32. The monoisotopic (exact) mass is 412 g/mol. The molecule has 0 saturated heterocycles. The van der Waals surface area contributed by atoms with Crippen LogP contribution in [0.3, 0.4) is 0 Å². The first kappa shape index (κ1) is 14.2. The molecule has 3 rings (SSSR count). The summed E-state index contributed by atoms with van der Waals surface area (Å²) in [6.45, 7) is 0. The summed E-state index contributed by atoms with van der Waals surface area (Å²) in [6.07, 6.45) is 0. The van der Waals surface area contributed by atoms with E-state index in [2.05, 4.69) is 41.8 Å². The lowest BCUT2D eigenvalue weighted by molar-refractivity contribution is 0.0692. The van der Waals surface area contributed by atoms with Gasteiger partial charge in [-0.05, 0) is 24.3 Å². The highest BCUT2D eigenvalue weighted by Gasteiger charge is 2.14. The minimum Gasteiger partial charge on any atom is -0.478 e. The van der Waals surface area contributed by atoms with Gasteiger partial charge in [-0.15, -0.1) is 0 Å². The van der Waals surface area contributed by atoms with Crippen LogP contribution in [0.15, 0.2) is 39.3 Å². The number of rotatable bonds is 2. The zero-order chi connectivity index (χ0) is 15.1. The van der Waals surface area contributed by atoms with E-state index in [1.165, 1.54) is 6.07 Å². The van der Waals surface area contributed by atoms with E-state index in [4.69, 9.17) is 5.11 Å². The lowest BCUT2D eigenvalue weighted by atomic mass is 10.2. The maximum absolute atomic E-state index is 13.7. The minimum atomic E-state index is -1.32. The summed E-state index contributed by atoms with van der Waals surface area (Å²) >= 11 is 6.77. The lowest BCUT2D eigenvalue weighted by Gasteiger charge is -1.99. The summed E-state index contributed by atoms with van der Waals surface area (Å²) in [7, 11) is 0. The van der Waals surface area contributed by atoms with E-state index in [9.17, 15) is 9.18 Å². The maximum Gasteiger partial charge on any atom is 0.338 e. The van der Waals surface area contributed by atoms with Gasteiger partial charge in [0.15, 0.2) is 0 Å². The highest BCUT2D eigenvalue weighted by molar-refractivity contribution is 9.11. The van der Waals surface area contributed by atoms with Gasteiger partial charge in [-0.3, -0.25) is 0 Å². The Kier molecular flexibility index (Phi) is 3.54. The van der Waals surface area contributed by atoms with Gasteiger partial charge in [0.2, 0.25) is 0 Å². The lowest BCUT2D eigenvalue weighted by Crippen LogP contribution is -1.99.